The molecule has 0 amide bonds. The minimum absolute atomic E-state index is 0.535. The topological polar surface area (TPSA) is 85.7 Å². The molecule has 4 aromatic rings. The number of ether oxygens (including phenoxy) is 1. The van der Waals surface area contributed by atoms with Gasteiger partial charge in [0.2, 0.25) is 0 Å². The molecular weight excluding hydrogens is 460 g/mol. The quantitative estimate of drug-likeness (QED) is 0.259. The molecule has 4 heterocycles. The van der Waals surface area contributed by atoms with Crippen LogP contribution in [-0.2, 0) is 6.54 Å². The second kappa shape index (κ2) is 12.0. The first kappa shape index (κ1) is 25.7. The lowest BCUT2D eigenvalue weighted by atomic mass is 10.1. The van der Waals surface area contributed by atoms with Gasteiger partial charge in [0.25, 0.3) is 0 Å². The first-order valence-electron chi connectivity index (χ1n) is 12.3. The van der Waals surface area contributed by atoms with E-state index in [4.69, 9.17) is 9.72 Å². The van der Waals surface area contributed by atoms with Crippen molar-refractivity contribution < 1.29 is 4.74 Å². The van der Waals surface area contributed by atoms with E-state index in [9.17, 15) is 0 Å². The smallest absolute Gasteiger partial charge is 0.145 e. The standard InChI is InChI=1S/C30H32N6O/c1-6-9-20(3)13-24(10-7-2)29-27(37-5)14-22(16-33-29)17-34-30-21(4)28(35-19-36-30)25-15-23-11-8-12-31-26(23)18-32-25/h7-16,18-19H,6,17H2,1-5H3,(H,34,35,36)/b10-7-,20-9+,24-13+. The van der Waals surface area contributed by atoms with Gasteiger partial charge >= 0.3 is 0 Å². The highest BCUT2D eigenvalue weighted by Gasteiger charge is 2.13. The Bertz CT molecular complexity index is 1490. The van der Waals surface area contributed by atoms with Gasteiger partial charge < -0.3 is 10.1 Å². The number of hydrogen-bond acceptors (Lipinski definition) is 7. The molecule has 7 nitrogen and oxygen atoms in total. The molecule has 188 valence electrons. The predicted octanol–water partition coefficient (Wildman–Crippen LogP) is 6.73. The van der Waals surface area contributed by atoms with E-state index in [-0.39, 0.29) is 0 Å². The maximum Gasteiger partial charge on any atom is 0.145 e. The van der Waals surface area contributed by atoms with Crippen molar-refractivity contribution in [2.45, 2.75) is 40.7 Å². The molecular formula is C30H32N6O. The van der Waals surface area contributed by atoms with Gasteiger partial charge in [-0.3, -0.25) is 15.0 Å². The molecule has 0 aliphatic rings. The summed E-state index contributed by atoms with van der Waals surface area (Å²) in [5.41, 5.74) is 7.34. The summed E-state index contributed by atoms with van der Waals surface area (Å²) >= 11 is 0. The van der Waals surface area contributed by atoms with Crippen LogP contribution in [0.25, 0.3) is 27.9 Å². The van der Waals surface area contributed by atoms with Gasteiger partial charge in [-0.2, -0.15) is 0 Å². The van der Waals surface area contributed by atoms with Crippen molar-refractivity contribution in [3.05, 3.63) is 95.9 Å². The molecule has 4 aromatic heterocycles. The van der Waals surface area contributed by atoms with Crippen LogP contribution in [0.1, 0.15) is 44.0 Å². The third-order valence-corrected chi connectivity index (χ3v) is 5.93. The molecule has 1 N–H and O–H groups in total. The minimum atomic E-state index is 0.535. The van der Waals surface area contributed by atoms with Crippen LogP contribution in [0.5, 0.6) is 5.75 Å². The number of anilines is 1. The maximum atomic E-state index is 5.72. The van der Waals surface area contributed by atoms with Crippen molar-refractivity contribution in [3.63, 3.8) is 0 Å². The summed E-state index contributed by atoms with van der Waals surface area (Å²) in [4.78, 5) is 22.6. The number of pyridine rings is 3. The molecule has 7 heteroatoms. The molecule has 0 aliphatic heterocycles. The van der Waals surface area contributed by atoms with Crippen molar-refractivity contribution in [2.24, 2.45) is 0 Å². The van der Waals surface area contributed by atoms with Crippen molar-refractivity contribution in [2.75, 3.05) is 12.4 Å². The van der Waals surface area contributed by atoms with Crippen LogP contribution in [0.2, 0.25) is 0 Å². The van der Waals surface area contributed by atoms with E-state index < -0.39 is 0 Å². The lowest BCUT2D eigenvalue weighted by Gasteiger charge is -2.14. The van der Waals surface area contributed by atoms with Gasteiger partial charge in [0.15, 0.2) is 0 Å². The molecule has 0 atom stereocenters. The fraction of sp³-hybridized carbons (Fsp3) is 0.233. The number of fused-ring (bicyclic) bond motifs is 1. The fourth-order valence-corrected chi connectivity index (χ4v) is 4.13. The van der Waals surface area contributed by atoms with Crippen LogP contribution in [0.15, 0.2) is 79.1 Å². The lowest BCUT2D eigenvalue weighted by Crippen LogP contribution is -2.07. The second-order valence-electron chi connectivity index (χ2n) is 8.67. The highest BCUT2D eigenvalue weighted by molar-refractivity contribution is 5.82. The molecule has 37 heavy (non-hydrogen) atoms. The number of nitrogens with one attached hydrogen (secondary N) is 1. The summed E-state index contributed by atoms with van der Waals surface area (Å²) in [6.45, 7) is 8.76. The number of allylic oxidation sites excluding steroid dienone is 6. The molecule has 0 saturated heterocycles. The van der Waals surface area contributed by atoms with E-state index in [1.807, 2.05) is 50.4 Å². The fourth-order valence-electron chi connectivity index (χ4n) is 4.13. The van der Waals surface area contributed by atoms with Crippen LogP contribution >= 0.6 is 0 Å². The molecule has 0 spiro atoms. The van der Waals surface area contributed by atoms with Gasteiger partial charge in [-0.15, -0.1) is 0 Å². The lowest BCUT2D eigenvalue weighted by molar-refractivity contribution is 0.411. The summed E-state index contributed by atoms with van der Waals surface area (Å²) in [6.07, 6.45) is 16.3. The summed E-state index contributed by atoms with van der Waals surface area (Å²) in [6, 6.07) is 7.95. The zero-order valence-corrected chi connectivity index (χ0v) is 22.0. The van der Waals surface area contributed by atoms with Gasteiger partial charge in [0, 0.05) is 35.5 Å². The number of rotatable bonds is 9. The maximum absolute atomic E-state index is 5.72. The van der Waals surface area contributed by atoms with E-state index in [1.54, 1.807) is 25.8 Å². The first-order chi connectivity index (χ1) is 18.0. The normalized spacial score (nSPS) is 12.4. The third-order valence-electron chi connectivity index (χ3n) is 5.93. The van der Waals surface area contributed by atoms with Gasteiger partial charge in [0.05, 0.1) is 30.2 Å². The number of aromatic nitrogens is 5. The minimum Gasteiger partial charge on any atom is -0.494 e. The predicted molar refractivity (Wildman–Crippen MR) is 150 cm³/mol. The van der Waals surface area contributed by atoms with Crippen molar-refractivity contribution >= 4 is 22.3 Å². The van der Waals surface area contributed by atoms with Crippen LogP contribution in [0, 0.1) is 6.92 Å². The van der Waals surface area contributed by atoms with Gasteiger partial charge in [0.1, 0.15) is 23.6 Å². The number of nitrogens with zero attached hydrogens (tertiary/aromatic N) is 5. The second-order valence-corrected chi connectivity index (χ2v) is 8.67. The Kier molecular flexibility index (Phi) is 8.36. The average Bonchev–Trinajstić information content (AvgIpc) is 2.92. The highest BCUT2D eigenvalue weighted by Crippen LogP contribution is 2.29. The SMILES string of the molecule is C\C=C/C(=C\C(C)=C\CC)c1ncc(CNc2ncnc(-c3cc4cccnc4cn3)c2C)cc1OC. The average molecular weight is 493 g/mol. The molecule has 0 bridgehead atoms. The molecule has 0 aromatic carbocycles. The van der Waals surface area contributed by atoms with Crippen molar-refractivity contribution in [1.29, 1.82) is 0 Å². The summed E-state index contributed by atoms with van der Waals surface area (Å²) in [5.74, 6) is 1.47. The van der Waals surface area contributed by atoms with Crippen LogP contribution in [0.3, 0.4) is 0 Å². The van der Waals surface area contributed by atoms with Crippen LogP contribution < -0.4 is 10.1 Å². The molecule has 0 fully saturated rings. The molecule has 0 radical (unpaired) electrons. The Labute approximate surface area is 218 Å². The van der Waals surface area contributed by atoms with E-state index in [0.717, 1.165) is 62.7 Å². The first-order valence-corrected chi connectivity index (χ1v) is 12.3. The van der Waals surface area contributed by atoms with Gasteiger partial charge in [-0.25, -0.2) is 9.97 Å². The number of hydrogen-bond donors (Lipinski definition) is 1. The molecule has 4 rings (SSSR count). The van der Waals surface area contributed by atoms with E-state index in [0.29, 0.717) is 6.54 Å². The monoisotopic (exact) mass is 492 g/mol. The number of methoxy groups -OCH3 is 1. The van der Waals surface area contributed by atoms with Crippen LogP contribution in [0.4, 0.5) is 5.82 Å². The summed E-state index contributed by atoms with van der Waals surface area (Å²) < 4.78 is 5.72. The van der Waals surface area contributed by atoms with Gasteiger partial charge in [-0.05, 0) is 51.0 Å². The van der Waals surface area contributed by atoms with Crippen molar-refractivity contribution in [1.82, 2.24) is 24.9 Å². The highest BCUT2D eigenvalue weighted by atomic mass is 16.5. The largest absolute Gasteiger partial charge is 0.494 e. The van der Waals surface area contributed by atoms with Crippen molar-refractivity contribution in [3.8, 4) is 17.1 Å². The zero-order chi connectivity index (χ0) is 26.2. The van der Waals surface area contributed by atoms with E-state index >= 15 is 0 Å². The van der Waals surface area contributed by atoms with E-state index in [1.165, 1.54) is 5.57 Å². The van der Waals surface area contributed by atoms with Gasteiger partial charge in [-0.1, -0.05) is 42.9 Å². The Hall–Kier alpha value is -4.39. The summed E-state index contributed by atoms with van der Waals surface area (Å²) in [5, 5.41) is 4.44. The molecule has 0 aliphatic carbocycles. The molecule has 0 unspecified atom stereocenters. The Morgan fingerprint density at radius 2 is 1.95 bits per heavy atom. The Morgan fingerprint density at radius 3 is 2.73 bits per heavy atom. The Balaban J connectivity index is 1.58. The molecule has 0 saturated carbocycles. The zero-order valence-electron chi connectivity index (χ0n) is 22.0. The third kappa shape index (κ3) is 6.06. The summed E-state index contributed by atoms with van der Waals surface area (Å²) in [7, 11) is 1.67. The van der Waals surface area contributed by atoms with E-state index in [2.05, 4.69) is 57.3 Å². The Morgan fingerprint density at radius 1 is 1.08 bits per heavy atom. The van der Waals surface area contributed by atoms with Crippen LogP contribution in [-0.4, -0.2) is 32.0 Å².